The van der Waals surface area contributed by atoms with Gasteiger partial charge in [-0.2, -0.15) is 0 Å². The summed E-state index contributed by atoms with van der Waals surface area (Å²) in [5.41, 5.74) is 3.47. The molecule has 0 aliphatic carbocycles. The lowest BCUT2D eigenvalue weighted by Gasteiger charge is -2.22. The van der Waals surface area contributed by atoms with Crippen molar-refractivity contribution in [3.05, 3.63) is 40.8 Å². The number of aromatic nitrogens is 1. The van der Waals surface area contributed by atoms with Crippen LogP contribution >= 0.6 is 0 Å². The highest BCUT2D eigenvalue weighted by atomic mass is 16.6. The molecular formula is C19H26N2O3. The number of nitrogens with one attached hydrogen (secondary N) is 1. The van der Waals surface area contributed by atoms with Crippen LogP contribution in [-0.2, 0) is 19.4 Å². The first kappa shape index (κ1) is 16.8. The molecule has 0 saturated carbocycles. The molecule has 2 aromatic rings. The molecule has 3 rings (SSSR count). The second-order valence-electron chi connectivity index (χ2n) is 5.98. The van der Waals surface area contributed by atoms with Crippen LogP contribution in [0.25, 0.3) is 0 Å². The monoisotopic (exact) mass is 330 g/mol. The molecule has 0 fully saturated rings. The molecule has 0 saturated heterocycles. The summed E-state index contributed by atoms with van der Waals surface area (Å²) in [5, 5.41) is 7.84. The van der Waals surface area contributed by atoms with Crippen LogP contribution in [0.1, 0.15) is 55.8 Å². The number of rotatable bonds is 7. The summed E-state index contributed by atoms with van der Waals surface area (Å²) in [6.45, 7) is 8.39. The molecule has 0 radical (unpaired) electrons. The molecule has 130 valence electrons. The summed E-state index contributed by atoms with van der Waals surface area (Å²) in [6, 6.07) is 6.46. The molecule has 1 aliphatic rings. The lowest BCUT2D eigenvalue weighted by Crippen LogP contribution is -2.22. The number of fused-ring (bicyclic) bond motifs is 1. The van der Waals surface area contributed by atoms with Crippen LogP contribution in [0.4, 0.5) is 0 Å². The fourth-order valence-corrected chi connectivity index (χ4v) is 3.14. The molecule has 1 aliphatic heterocycles. The third kappa shape index (κ3) is 3.41. The van der Waals surface area contributed by atoms with E-state index in [0.29, 0.717) is 13.2 Å². The van der Waals surface area contributed by atoms with E-state index < -0.39 is 0 Å². The quantitative estimate of drug-likeness (QED) is 0.836. The van der Waals surface area contributed by atoms with Gasteiger partial charge in [0.2, 0.25) is 0 Å². The number of hydrogen-bond donors (Lipinski definition) is 1. The van der Waals surface area contributed by atoms with Crippen LogP contribution in [0.15, 0.2) is 22.7 Å². The number of nitrogens with zero attached hydrogens (tertiary/aromatic N) is 1. The first-order valence-corrected chi connectivity index (χ1v) is 8.86. The lowest BCUT2D eigenvalue weighted by atomic mass is 10.0. The van der Waals surface area contributed by atoms with Gasteiger partial charge in [0, 0.05) is 24.6 Å². The normalized spacial score (nSPS) is 14.6. The van der Waals surface area contributed by atoms with E-state index in [9.17, 15) is 0 Å². The van der Waals surface area contributed by atoms with Gasteiger partial charge < -0.3 is 19.3 Å². The van der Waals surface area contributed by atoms with Gasteiger partial charge in [-0.05, 0) is 30.5 Å². The van der Waals surface area contributed by atoms with Crippen LogP contribution in [0.2, 0.25) is 0 Å². The Labute approximate surface area is 143 Å². The summed E-state index contributed by atoms with van der Waals surface area (Å²) in [5.74, 6) is 2.66. The summed E-state index contributed by atoms with van der Waals surface area (Å²) in [7, 11) is 0. The van der Waals surface area contributed by atoms with E-state index >= 15 is 0 Å². The molecule has 0 unspecified atom stereocenters. The van der Waals surface area contributed by atoms with Crippen molar-refractivity contribution < 1.29 is 14.0 Å². The summed E-state index contributed by atoms with van der Waals surface area (Å²) >= 11 is 0. The molecule has 2 heterocycles. The largest absolute Gasteiger partial charge is 0.486 e. The molecule has 0 amide bonds. The zero-order valence-corrected chi connectivity index (χ0v) is 14.7. The maximum Gasteiger partial charge on any atom is 0.161 e. The predicted octanol–water partition coefficient (Wildman–Crippen LogP) is 3.81. The average molecular weight is 330 g/mol. The Morgan fingerprint density at radius 3 is 2.58 bits per heavy atom. The Bertz CT molecular complexity index is 660. The Hall–Kier alpha value is -2.01. The van der Waals surface area contributed by atoms with Crippen LogP contribution in [0, 0.1) is 0 Å². The zero-order valence-electron chi connectivity index (χ0n) is 14.7. The molecule has 0 bridgehead atoms. The molecule has 5 nitrogen and oxygen atoms in total. The maximum absolute atomic E-state index is 5.70. The van der Waals surface area contributed by atoms with Gasteiger partial charge in [-0.15, -0.1) is 0 Å². The van der Waals surface area contributed by atoms with Crippen LogP contribution < -0.4 is 14.8 Å². The maximum atomic E-state index is 5.70. The number of aryl methyl sites for hydroxylation is 2. The first-order valence-electron chi connectivity index (χ1n) is 8.86. The van der Waals surface area contributed by atoms with Crippen molar-refractivity contribution in [1.29, 1.82) is 0 Å². The number of hydrogen-bond acceptors (Lipinski definition) is 5. The van der Waals surface area contributed by atoms with Crippen molar-refractivity contribution >= 4 is 0 Å². The van der Waals surface area contributed by atoms with E-state index in [2.05, 4.69) is 43.4 Å². The van der Waals surface area contributed by atoms with Crippen LogP contribution in [-0.4, -0.2) is 18.4 Å². The summed E-state index contributed by atoms with van der Waals surface area (Å²) in [6.07, 6.45) is 2.75. The first-order chi connectivity index (χ1) is 11.8. The van der Waals surface area contributed by atoms with Crippen LogP contribution in [0.3, 0.4) is 0 Å². The van der Waals surface area contributed by atoms with Gasteiger partial charge in [0.05, 0.1) is 5.69 Å². The van der Waals surface area contributed by atoms with E-state index in [1.165, 1.54) is 11.1 Å². The standard InChI is InChI=1S/C19H26N2O3/c1-4-15(13-7-8-18-19(11-13)23-10-9-22-18)20-12-14-16(5-2)21-24-17(14)6-3/h7-8,11,15,20H,4-6,9-10,12H2,1-3H3/t15-/m1/s1. The van der Waals surface area contributed by atoms with Crippen molar-refractivity contribution in [1.82, 2.24) is 10.5 Å². The van der Waals surface area contributed by atoms with Crippen molar-refractivity contribution in [3.8, 4) is 11.5 Å². The van der Waals surface area contributed by atoms with Crippen LogP contribution in [0.5, 0.6) is 11.5 Å². The molecule has 5 heteroatoms. The number of ether oxygens (including phenoxy) is 2. The van der Waals surface area contributed by atoms with E-state index in [4.69, 9.17) is 14.0 Å². The molecule has 24 heavy (non-hydrogen) atoms. The number of benzene rings is 1. The minimum atomic E-state index is 0.255. The van der Waals surface area contributed by atoms with Crippen molar-refractivity contribution in [2.24, 2.45) is 0 Å². The van der Waals surface area contributed by atoms with Gasteiger partial charge in [-0.3, -0.25) is 0 Å². The van der Waals surface area contributed by atoms with Gasteiger partial charge in [0.25, 0.3) is 0 Å². The average Bonchev–Trinajstić information content (AvgIpc) is 3.04. The van der Waals surface area contributed by atoms with E-state index in [-0.39, 0.29) is 6.04 Å². The Morgan fingerprint density at radius 1 is 1.08 bits per heavy atom. The summed E-state index contributed by atoms with van der Waals surface area (Å²) < 4.78 is 16.8. The highest BCUT2D eigenvalue weighted by molar-refractivity contribution is 5.44. The van der Waals surface area contributed by atoms with Gasteiger partial charge in [-0.1, -0.05) is 32.0 Å². The SMILES string of the molecule is CCc1noc(CC)c1CN[C@H](CC)c1ccc2c(c1)OCCO2. The second-order valence-corrected chi connectivity index (χ2v) is 5.98. The molecular weight excluding hydrogens is 304 g/mol. The predicted molar refractivity (Wildman–Crippen MR) is 92.6 cm³/mol. The second kappa shape index (κ2) is 7.71. The van der Waals surface area contributed by atoms with Gasteiger partial charge >= 0.3 is 0 Å². The summed E-state index contributed by atoms with van der Waals surface area (Å²) in [4.78, 5) is 0. The molecule has 1 N–H and O–H groups in total. The van der Waals surface area contributed by atoms with Crippen molar-refractivity contribution in [2.45, 2.75) is 52.6 Å². The molecule has 1 aromatic heterocycles. The Morgan fingerprint density at radius 2 is 1.88 bits per heavy atom. The highest BCUT2D eigenvalue weighted by Gasteiger charge is 2.18. The molecule has 1 aromatic carbocycles. The minimum Gasteiger partial charge on any atom is -0.486 e. The van der Waals surface area contributed by atoms with E-state index in [1.807, 2.05) is 6.07 Å². The van der Waals surface area contributed by atoms with Crippen molar-refractivity contribution in [3.63, 3.8) is 0 Å². The zero-order chi connectivity index (χ0) is 16.9. The van der Waals surface area contributed by atoms with Crippen molar-refractivity contribution in [2.75, 3.05) is 13.2 Å². The fourth-order valence-electron chi connectivity index (χ4n) is 3.14. The fraction of sp³-hybridized carbons (Fsp3) is 0.526. The van der Waals surface area contributed by atoms with Gasteiger partial charge in [-0.25, -0.2) is 0 Å². The minimum absolute atomic E-state index is 0.255. The molecule has 0 spiro atoms. The van der Waals surface area contributed by atoms with E-state index in [1.54, 1.807) is 0 Å². The topological polar surface area (TPSA) is 56.5 Å². The Balaban J connectivity index is 1.74. The smallest absolute Gasteiger partial charge is 0.161 e. The lowest BCUT2D eigenvalue weighted by molar-refractivity contribution is 0.171. The molecule has 1 atom stereocenters. The highest BCUT2D eigenvalue weighted by Crippen LogP contribution is 2.33. The van der Waals surface area contributed by atoms with Gasteiger partial charge in [0.1, 0.15) is 19.0 Å². The third-order valence-electron chi connectivity index (χ3n) is 4.51. The Kier molecular flexibility index (Phi) is 5.41. The van der Waals surface area contributed by atoms with E-state index in [0.717, 1.165) is 48.8 Å². The van der Waals surface area contributed by atoms with Gasteiger partial charge in [0.15, 0.2) is 11.5 Å². The third-order valence-corrected chi connectivity index (χ3v) is 4.51.